The molecule has 0 aliphatic carbocycles. The first-order valence-corrected chi connectivity index (χ1v) is 8.93. The molecule has 3 aliphatic heterocycles. The third-order valence-corrected chi connectivity index (χ3v) is 5.66. The Balaban J connectivity index is 1.65. The van der Waals surface area contributed by atoms with Crippen molar-refractivity contribution in [3.63, 3.8) is 0 Å². The molecule has 0 aromatic heterocycles. The lowest BCUT2D eigenvalue weighted by Gasteiger charge is -2.44. The maximum Gasteiger partial charge on any atom is 0.0587 e. The average molecular weight is 280 g/mol. The molecule has 3 heterocycles. The van der Waals surface area contributed by atoms with Gasteiger partial charge in [0.25, 0.3) is 0 Å². The smallest absolute Gasteiger partial charge is 0.0587 e. The molecule has 0 aromatic carbocycles. The van der Waals surface area contributed by atoms with Crippen LogP contribution in [0.15, 0.2) is 0 Å². The van der Waals surface area contributed by atoms with E-state index >= 15 is 0 Å². The van der Waals surface area contributed by atoms with Gasteiger partial charge < -0.3 is 10.1 Å². The van der Waals surface area contributed by atoms with Gasteiger partial charge in [-0.15, -0.1) is 0 Å². The van der Waals surface area contributed by atoms with Gasteiger partial charge in [0, 0.05) is 30.8 Å². The van der Waals surface area contributed by atoms with E-state index in [1.54, 1.807) is 0 Å². The highest BCUT2D eigenvalue weighted by Gasteiger charge is 2.38. The van der Waals surface area contributed by atoms with Crippen molar-refractivity contribution in [1.82, 2.24) is 10.2 Å². The summed E-state index contributed by atoms with van der Waals surface area (Å²) < 4.78 is 5.89. The first-order chi connectivity index (χ1) is 9.80. The zero-order valence-corrected chi connectivity index (χ0v) is 13.3. The van der Waals surface area contributed by atoms with Crippen LogP contribution in [0.25, 0.3) is 0 Å². The van der Waals surface area contributed by atoms with Gasteiger partial charge in [0.2, 0.25) is 0 Å². The molecular formula is C17H32N2O. The zero-order chi connectivity index (χ0) is 13.9. The van der Waals surface area contributed by atoms with E-state index < -0.39 is 0 Å². The third-order valence-electron chi connectivity index (χ3n) is 5.66. The quantitative estimate of drug-likeness (QED) is 0.838. The monoisotopic (exact) mass is 280 g/mol. The predicted octanol–water partition coefficient (Wildman–Crippen LogP) is 2.94. The van der Waals surface area contributed by atoms with Gasteiger partial charge in [-0.3, -0.25) is 4.90 Å². The van der Waals surface area contributed by atoms with Gasteiger partial charge in [-0.2, -0.15) is 0 Å². The molecule has 0 saturated carbocycles. The minimum absolute atomic E-state index is 0.506. The highest BCUT2D eigenvalue weighted by molar-refractivity contribution is 4.97. The zero-order valence-electron chi connectivity index (χ0n) is 13.3. The fraction of sp³-hybridized carbons (Fsp3) is 1.00. The Morgan fingerprint density at radius 2 is 1.75 bits per heavy atom. The number of nitrogens with one attached hydrogen (secondary N) is 1. The number of nitrogens with zero attached hydrogens (tertiary/aromatic N) is 1. The summed E-state index contributed by atoms with van der Waals surface area (Å²) >= 11 is 0. The van der Waals surface area contributed by atoms with Crippen LogP contribution in [0.1, 0.15) is 65.2 Å². The molecule has 3 aliphatic rings. The molecule has 20 heavy (non-hydrogen) atoms. The Hall–Kier alpha value is -0.120. The van der Waals surface area contributed by atoms with E-state index in [-0.39, 0.29) is 0 Å². The van der Waals surface area contributed by atoms with E-state index in [2.05, 4.69) is 24.1 Å². The molecule has 116 valence electrons. The highest BCUT2D eigenvalue weighted by atomic mass is 16.5. The van der Waals surface area contributed by atoms with Crippen LogP contribution < -0.4 is 5.32 Å². The van der Waals surface area contributed by atoms with Crippen molar-refractivity contribution in [1.29, 1.82) is 0 Å². The van der Waals surface area contributed by atoms with Crippen LogP contribution in [0.4, 0.5) is 0 Å². The van der Waals surface area contributed by atoms with Gasteiger partial charge >= 0.3 is 0 Å². The summed E-state index contributed by atoms with van der Waals surface area (Å²) in [5.41, 5.74) is 0. The average Bonchev–Trinajstić information content (AvgIpc) is 2.83. The Morgan fingerprint density at radius 1 is 1.00 bits per heavy atom. The summed E-state index contributed by atoms with van der Waals surface area (Å²) in [4.78, 5) is 2.87. The molecule has 0 radical (unpaired) electrons. The van der Waals surface area contributed by atoms with Crippen LogP contribution in [-0.4, -0.2) is 48.3 Å². The molecular weight excluding hydrogens is 248 g/mol. The lowest BCUT2D eigenvalue weighted by atomic mass is 9.92. The summed E-state index contributed by atoms with van der Waals surface area (Å²) in [6.45, 7) is 6.85. The minimum Gasteiger partial charge on any atom is -0.378 e. The van der Waals surface area contributed by atoms with Crippen molar-refractivity contribution in [3.05, 3.63) is 0 Å². The molecule has 4 unspecified atom stereocenters. The van der Waals surface area contributed by atoms with Gasteiger partial charge in [-0.25, -0.2) is 0 Å². The van der Waals surface area contributed by atoms with Crippen molar-refractivity contribution in [2.75, 3.05) is 13.2 Å². The largest absolute Gasteiger partial charge is 0.378 e. The summed E-state index contributed by atoms with van der Waals surface area (Å²) in [7, 11) is 0. The predicted molar refractivity (Wildman–Crippen MR) is 83.0 cm³/mol. The summed E-state index contributed by atoms with van der Waals surface area (Å²) in [6, 6.07) is 3.21. The molecule has 0 amide bonds. The van der Waals surface area contributed by atoms with E-state index in [0.717, 1.165) is 30.8 Å². The standard InChI is InChI=1S/C17H32N2O/c1-3-8-19(15-7-9-20-17(4-2)12-15)16-10-13-5-6-14(11-16)18-13/h13-18H,3-12H2,1-2H3. The van der Waals surface area contributed by atoms with E-state index in [9.17, 15) is 0 Å². The minimum atomic E-state index is 0.506. The number of piperidine rings is 1. The van der Waals surface area contributed by atoms with E-state index in [0.29, 0.717) is 6.10 Å². The molecule has 3 heteroatoms. The fourth-order valence-electron chi connectivity index (χ4n) is 4.67. The van der Waals surface area contributed by atoms with Crippen molar-refractivity contribution in [3.8, 4) is 0 Å². The molecule has 3 nitrogen and oxygen atoms in total. The lowest BCUT2D eigenvalue weighted by molar-refractivity contribution is -0.0428. The molecule has 0 spiro atoms. The summed E-state index contributed by atoms with van der Waals surface area (Å²) in [6.07, 6.45) is 11.0. The first-order valence-electron chi connectivity index (χ1n) is 8.93. The second kappa shape index (κ2) is 6.76. The van der Waals surface area contributed by atoms with Crippen LogP contribution in [-0.2, 0) is 4.74 Å². The Labute approximate surface area is 124 Å². The molecule has 0 aromatic rings. The second-order valence-corrected chi connectivity index (χ2v) is 7.08. The number of fused-ring (bicyclic) bond motifs is 2. The topological polar surface area (TPSA) is 24.5 Å². The second-order valence-electron chi connectivity index (χ2n) is 7.08. The Kier molecular flexibility index (Phi) is 5.00. The van der Waals surface area contributed by atoms with Crippen LogP contribution in [0.5, 0.6) is 0 Å². The normalized spacial score (nSPS) is 41.2. The van der Waals surface area contributed by atoms with Crippen LogP contribution >= 0.6 is 0 Å². The van der Waals surface area contributed by atoms with E-state index in [1.807, 2.05) is 0 Å². The van der Waals surface area contributed by atoms with Crippen LogP contribution in [0.3, 0.4) is 0 Å². The fourth-order valence-corrected chi connectivity index (χ4v) is 4.67. The number of ether oxygens (including phenoxy) is 1. The molecule has 4 atom stereocenters. The lowest BCUT2D eigenvalue weighted by Crippen LogP contribution is -2.53. The number of rotatable bonds is 5. The molecule has 3 saturated heterocycles. The van der Waals surface area contributed by atoms with Gasteiger partial charge in [0.05, 0.1) is 6.10 Å². The van der Waals surface area contributed by atoms with Crippen LogP contribution in [0.2, 0.25) is 0 Å². The van der Waals surface area contributed by atoms with Gasteiger partial charge in [-0.1, -0.05) is 13.8 Å². The van der Waals surface area contributed by atoms with Crippen molar-refractivity contribution < 1.29 is 4.74 Å². The first kappa shape index (κ1) is 14.8. The Morgan fingerprint density at radius 3 is 2.40 bits per heavy atom. The SMILES string of the molecule is CCCN(C1CC2CCC(C1)N2)C1CCOC(CC)C1. The highest BCUT2D eigenvalue weighted by Crippen LogP contribution is 2.33. The third kappa shape index (κ3) is 3.20. The Bertz CT molecular complexity index is 297. The molecule has 1 N–H and O–H groups in total. The maximum atomic E-state index is 5.89. The number of hydrogen-bond acceptors (Lipinski definition) is 3. The van der Waals surface area contributed by atoms with Crippen molar-refractivity contribution in [2.45, 2.75) is 95.5 Å². The van der Waals surface area contributed by atoms with E-state index in [4.69, 9.17) is 4.74 Å². The van der Waals surface area contributed by atoms with E-state index in [1.165, 1.54) is 57.9 Å². The summed E-state index contributed by atoms with van der Waals surface area (Å²) in [5, 5.41) is 3.79. The molecule has 3 rings (SSSR count). The summed E-state index contributed by atoms with van der Waals surface area (Å²) in [5.74, 6) is 0. The van der Waals surface area contributed by atoms with Gasteiger partial charge in [0.15, 0.2) is 0 Å². The van der Waals surface area contributed by atoms with Crippen LogP contribution in [0, 0.1) is 0 Å². The number of hydrogen-bond donors (Lipinski definition) is 1. The molecule has 3 fully saturated rings. The van der Waals surface area contributed by atoms with Crippen molar-refractivity contribution in [2.24, 2.45) is 0 Å². The van der Waals surface area contributed by atoms with Gasteiger partial charge in [0.1, 0.15) is 0 Å². The molecule has 2 bridgehead atoms. The van der Waals surface area contributed by atoms with Crippen molar-refractivity contribution >= 4 is 0 Å². The van der Waals surface area contributed by atoms with Gasteiger partial charge in [-0.05, 0) is 57.9 Å². The maximum absolute atomic E-state index is 5.89.